The molecule has 6 heteroatoms. The molecular weight excluding hydrogens is 301 g/mol. The summed E-state index contributed by atoms with van der Waals surface area (Å²) in [5.41, 5.74) is 0.925. The second-order valence-corrected chi connectivity index (χ2v) is 5.79. The minimum atomic E-state index is 0.546. The lowest BCUT2D eigenvalue weighted by Crippen LogP contribution is -2.03. The van der Waals surface area contributed by atoms with Crippen LogP contribution in [0.2, 0.25) is 10.0 Å². The van der Waals surface area contributed by atoms with Crippen LogP contribution in [0.1, 0.15) is 12.6 Å². The van der Waals surface area contributed by atoms with Crippen LogP contribution in [0.15, 0.2) is 34.2 Å². The van der Waals surface area contributed by atoms with Crippen LogP contribution < -0.4 is 5.32 Å². The van der Waals surface area contributed by atoms with Gasteiger partial charge in [-0.25, -0.2) is 9.97 Å². The first-order valence-corrected chi connectivity index (χ1v) is 7.38. The molecule has 0 aliphatic heterocycles. The van der Waals surface area contributed by atoms with Gasteiger partial charge in [0.25, 0.3) is 0 Å². The topological polar surface area (TPSA) is 37.8 Å². The van der Waals surface area contributed by atoms with Crippen molar-refractivity contribution in [2.45, 2.75) is 23.8 Å². The van der Waals surface area contributed by atoms with Crippen molar-refractivity contribution >= 4 is 40.9 Å². The van der Waals surface area contributed by atoms with Crippen LogP contribution in [0.4, 0.5) is 5.95 Å². The zero-order valence-corrected chi connectivity index (χ0v) is 12.9. The van der Waals surface area contributed by atoms with Crippen molar-refractivity contribution in [3.63, 3.8) is 0 Å². The molecule has 0 aliphatic carbocycles. The minimum absolute atomic E-state index is 0.546. The van der Waals surface area contributed by atoms with Crippen LogP contribution in [0.25, 0.3) is 0 Å². The number of benzene rings is 1. The van der Waals surface area contributed by atoms with E-state index in [2.05, 4.69) is 15.3 Å². The van der Waals surface area contributed by atoms with Crippen molar-refractivity contribution in [1.29, 1.82) is 0 Å². The molecule has 1 heterocycles. The first-order valence-electron chi connectivity index (χ1n) is 5.81. The Morgan fingerprint density at radius 1 is 1.16 bits per heavy atom. The number of hydrogen-bond donors (Lipinski definition) is 1. The minimum Gasteiger partial charge on any atom is -0.354 e. The smallest absolute Gasteiger partial charge is 0.223 e. The van der Waals surface area contributed by atoms with Crippen LogP contribution in [0.3, 0.4) is 0 Å². The van der Waals surface area contributed by atoms with Gasteiger partial charge in [-0.2, -0.15) is 0 Å². The third-order valence-electron chi connectivity index (χ3n) is 2.28. The van der Waals surface area contributed by atoms with Crippen molar-refractivity contribution in [1.82, 2.24) is 9.97 Å². The highest BCUT2D eigenvalue weighted by Gasteiger charge is 2.05. The molecule has 0 radical (unpaired) electrons. The predicted octanol–water partition coefficient (Wildman–Crippen LogP) is 4.67. The Morgan fingerprint density at radius 3 is 2.63 bits per heavy atom. The summed E-state index contributed by atoms with van der Waals surface area (Å²) in [5.74, 6) is 0.644. The van der Waals surface area contributed by atoms with Gasteiger partial charge in [-0.15, -0.1) is 0 Å². The summed E-state index contributed by atoms with van der Waals surface area (Å²) >= 11 is 13.4. The van der Waals surface area contributed by atoms with Gasteiger partial charge in [0.2, 0.25) is 5.95 Å². The fraction of sp³-hybridized carbons (Fsp3) is 0.231. The SMILES string of the molecule is CCNc1nc(C)cc(Sc2ccc(Cl)c(Cl)c2)n1. The molecule has 0 spiro atoms. The molecule has 0 atom stereocenters. The van der Waals surface area contributed by atoms with E-state index in [1.807, 2.05) is 32.0 Å². The Balaban J connectivity index is 2.24. The summed E-state index contributed by atoms with van der Waals surface area (Å²) < 4.78 is 0. The van der Waals surface area contributed by atoms with Crippen LogP contribution in [-0.4, -0.2) is 16.5 Å². The Bertz CT molecular complexity index is 590. The molecule has 0 unspecified atom stereocenters. The third-order valence-corrected chi connectivity index (χ3v) is 3.93. The van der Waals surface area contributed by atoms with Crippen LogP contribution in [0.5, 0.6) is 0 Å². The molecule has 0 saturated carbocycles. The van der Waals surface area contributed by atoms with Crippen molar-refractivity contribution in [3.05, 3.63) is 40.0 Å². The molecule has 1 N–H and O–H groups in total. The maximum Gasteiger partial charge on any atom is 0.223 e. The Labute approximate surface area is 126 Å². The summed E-state index contributed by atoms with van der Waals surface area (Å²) in [7, 11) is 0. The number of nitrogens with one attached hydrogen (secondary N) is 1. The zero-order chi connectivity index (χ0) is 13.8. The summed E-state index contributed by atoms with van der Waals surface area (Å²) in [5, 5.41) is 5.09. The molecule has 0 amide bonds. The average molecular weight is 314 g/mol. The van der Waals surface area contributed by atoms with E-state index in [0.717, 1.165) is 22.2 Å². The van der Waals surface area contributed by atoms with Crippen molar-refractivity contribution in [2.75, 3.05) is 11.9 Å². The fourth-order valence-electron chi connectivity index (χ4n) is 1.49. The maximum atomic E-state index is 6.00. The highest BCUT2D eigenvalue weighted by atomic mass is 35.5. The lowest BCUT2D eigenvalue weighted by molar-refractivity contribution is 0.984. The van der Waals surface area contributed by atoms with Crippen molar-refractivity contribution < 1.29 is 0 Å². The first kappa shape index (κ1) is 14.4. The Kier molecular flexibility index (Phi) is 4.91. The second kappa shape index (κ2) is 6.46. The van der Waals surface area contributed by atoms with E-state index in [4.69, 9.17) is 23.2 Å². The lowest BCUT2D eigenvalue weighted by Gasteiger charge is -2.07. The van der Waals surface area contributed by atoms with Gasteiger partial charge in [-0.1, -0.05) is 35.0 Å². The lowest BCUT2D eigenvalue weighted by atomic mass is 10.4. The number of rotatable bonds is 4. The largest absolute Gasteiger partial charge is 0.354 e. The molecule has 19 heavy (non-hydrogen) atoms. The average Bonchev–Trinajstić information content (AvgIpc) is 2.33. The third kappa shape index (κ3) is 4.00. The molecule has 1 aromatic carbocycles. The first-order chi connectivity index (χ1) is 9.08. The van der Waals surface area contributed by atoms with Crippen LogP contribution in [0, 0.1) is 6.92 Å². The van der Waals surface area contributed by atoms with Gasteiger partial charge >= 0.3 is 0 Å². The van der Waals surface area contributed by atoms with Crippen LogP contribution in [-0.2, 0) is 0 Å². The number of halogens is 2. The van der Waals surface area contributed by atoms with E-state index >= 15 is 0 Å². The monoisotopic (exact) mass is 313 g/mol. The molecule has 0 aliphatic rings. The van der Waals surface area contributed by atoms with Crippen molar-refractivity contribution in [3.8, 4) is 0 Å². The molecule has 3 nitrogen and oxygen atoms in total. The van der Waals surface area contributed by atoms with Gasteiger partial charge in [0.15, 0.2) is 0 Å². The molecule has 2 rings (SSSR count). The summed E-state index contributed by atoms with van der Waals surface area (Å²) in [4.78, 5) is 9.74. The highest BCUT2D eigenvalue weighted by molar-refractivity contribution is 7.99. The zero-order valence-electron chi connectivity index (χ0n) is 10.6. The number of aromatic nitrogens is 2. The van der Waals surface area contributed by atoms with E-state index in [1.54, 1.807) is 6.07 Å². The van der Waals surface area contributed by atoms with Gasteiger partial charge in [-0.3, -0.25) is 0 Å². The molecule has 2 aromatic rings. The number of nitrogens with zero attached hydrogens (tertiary/aromatic N) is 2. The highest BCUT2D eigenvalue weighted by Crippen LogP contribution is 2.32. The Hall–Kier alpha value is -0.970. The predicted molar refractivity (Wildman–Crippen MR) is 81.5 cm³/mol. The van der Waals surface area contributed by atoms with E-state index in [9.17, 15) is 0 Å². The normalized spacial score (nSPS) is 10.5. The molecule has 0 saturated heterocycles. The van der Waals surface area contributed by atoms with E-state index < -0.39 is 0 Å². The van der Waals surface area contributed by atoms with E-state index in [-0.39, 0.29) is 0 Å². The number of aryl methyl sites for hydroxylation is 1. The van der Waals surface area contributed by atoms with Gasteiger partial charge in [0.1, 0.15) is 5.03 Å². The molecule has 0 fully saturated rings. The van der Waals surface area contributed by atoms with E-state index in [1.165, 1.54) is 11.8 Å². The van der Waals surface area contributed by atoms with E-state index in [0.29, 0.717) is 16.0 Å². The molecular formula is C13H13Cl2N3S. The second-order valence-electron chi connectivity index (χ2n) is 3.88. The molecule has 100 valence electrons. The quantitative estimate of drug-likeness (QED) is 0.832. The van der Waals surface area contributed by atoms with Crippen molar-refractivity contribution in [2.24, 2.45) is 0 Å². The van der Waals surface area contributed by atoms with Gasteiger partial charge < -0.3 is 5.32 Å². The maximum absolute atomic E-state index is 6.00. The number of hydrogen-bond acceptors (Lipinski definition) is 4. The van der Waals surface area contributed by atoms with Crippen LogP contribution >= 0.6 is 35.0 Å². The molecule has 1 aromatic heterocycles. The fourth-order valence-corrected chi connectivity index (χ4v) is 2.77. The number of anilines is 1. The molecule has 0 bridgehead atoms. The summed E-state index contributed by atoms with van der Waals surface area (Å²) in [6, 6.07) is 7.47. The summed E-state index contributed by atoms with van der Waals surface area (Å²) in [6.07, 6.45) is 0. The summed E-state index contributed by atoms with van der Waals surface area (Å²) in [6.45, 7) is 4.75. The van der Waals surface area contributed by atoms with Gasteiger partial charge in [0, 0.05) is 17.1 Å². The van der Waals surface area contributed by atoms with Gasteiger partial charge in [0.05, 0.1) is 10.0 Å². The standard InChI is InChI=1S/C13H13Cl2N3S/c1-3-16-13-17-8(2)6-12(18-13)19-9-4-5-10(14)11(15)7-9/h4-7H,3H2,1-2H3,(H,16,17,18). The van der Waals surface area contributed by atoms with Gasteiger partial charge in [-0.05, 0) is 38.1 Å². The Morgan fingerprint density at radius 2 is 1.95 bits per heavy atom.